The van der Waals surface area contributed by atoms with Crippen molar-refractivity contribution < 1.29 is 4.92 Å². The van der Waals surface area contributed by atoms with Crippen molar-refractivity contribution in [3.8, 4) is 0 Å². The van der Waals surface area contributed by atoms with Crippen LogP contribution in [0.2, 0.25) is 5.28 Å². The summed E-state index contributed by atoms with van der Waals surface area (Å²) in [4.78, 5) is 20.1. The van der Waals surface area contributed by atoms with Gasteiger partial charge in [-0.1, -0.05) is 0 Å². The number of hydrogen-bond acceptors (Lipinski definition) is 5. The molecule has 0 bridgehead atoms. The average Bonchev–Trinajstić information content (AvgIpc) is 2.99. The first kappa shape index (κ1) is 12.0. The third-order valence-electron chi connectivity index (χ3n) is 2.79. The summed E-state index contributed by atoms with van der Waals surface area (Å²) in [5.74, 6) is 0.924. The molecule has 0 aromatic carbocycles. The molecule has 1 fully saturated rings. The van der Waals surface area contributed by atoms with Gasteiger partial charge in [0.2, 0.25) is 11.1 Å². The molecule has 1 aliphatic carbocycles. The van der Waals surface area contributed by atoms with Gasteiger partial charge < -0.3 is 4.90 Å². The van der Waals surface area contributed by atoms with E-state index in [2.05, 4.69) is 9.97 Å². The molecule has 0 N–H and O–H groups in total. The lowest BCUT2D eigenvalue weighted by atomic mass is 10.3. The van der Waals surface area contributed by atoms with Crippen molar-refractivity contribution in [3.63, 3.8) is 0 Å². The second kappa shape index (κ2) is 4.44. The fourth-order valence-corrected chi connectivity index (χ4v) is 1.98. The van der Waals surface area contributed by atoms with Crippen molar-refractivity contribution in [1.29, 1.82) is 0 Å². The molecule has 1 aromatic heterocycles. The smallest absolute Gasteiger partial charge is 0.332 e. The van der Waals surface area contributed by atoms with Crippen LogP contribution in [-0.2, 0) is 0 Å². The standard InChI is InChI=1S/C10H13ClN4O2/c1-6-8(15(16)17)9(13-10(11)12-6)14(2)5-7-3-4-7/h7H,3-5H2,1-2H3. The highest BCUT2D eigenvalue weighted by Gasteiger charge is 2.29. The lowest BCUT2D eigenvalue weighted by Gasteiger charge is -2.18. The number of anilines is 1. The molecule has 0 atom stereocenters. The van der Waals surface area contributed by atoms with Crippen molar-refractivity contribution in [1.82, 2.24) is 9.97 Å². The van der Waals surface area contributed by atoms with Crippen LogP contribution in [-0.4, -0.2) is 28.5 Å². The molecule has 17 heavy (non-hydrogen) atoms. The van der Waals surface area contributed by atoms with Gasteiger partial charge in [0, 0.05) is 13.6 Å². The van der Waals surface area contributed by atoms with Gasteiger partial charge in [-0.25, -0.2) is 4.98 Å². The van der Waals surface area contributed by atoms with Gasteiger partial charge in [0.1, 0.15) is 5.69 Å². The third-order valence-corrected chi connectivity index (χ3v) is 2.95. The van der Waals surface area contributed by atoms with E-state index in [1.54, 1.807) is 18.9 Å². The maximum Gasteiger partial charge on any atom is 0.332 e. The highest BCUT2D eigenvalue weighted by molar-refractivity contribution is 6.28. The quantitative estimate of drug-likeness (QED) is 0.469. The first-order chi connectivity index (χ1) is 7.99. The highest BCUT2D eigenvalue weighted by Crippen LogP contribution is 2.34. The number of aromatic nitrogens is 2. The van der Waals surface area contributed by atoms with Gasteiger partial charge >= 0.3 is 5.69 Å². The Labute approximate surface area is 104 Å². The lowest BCUT2D eigenvalue weighted by molar-refractivity contribution is -0.385. The van der Waals surface area contributed by atoms with Crippen LogP contribution in [0.3, 0.4) is 0 Å². The fraction of sp³-hybridized carbons (Fsp3) is 0.600. The molecule has 0 amide bonds. The first-order valence-corrected chi connectivity index (χ1v) is 5.76. The van der Waals surface area contributed by atoms with Gasteiger partial charge in [0.25, 0.3) is 0 Å². The molecule has 2 rings (SSSR count). The monoisotopic (exact) mass is 256 g/mol. The zero-order valence-electron chi connectivity index (χ0n) is 9.68. The third kappa shape index (κ3) is 2.63. The molecule has 0 saturated heterocycles. The van der Waals surface area contributed by atoms with Crippen LogP contribution in [0.5, 0.6) is 0 Å². The fourth-order valence-electron chi connectivity index (χ4n) is 1.77. The van der Waals surface area contributed by atoms with E-state index in [-0.39, 0.29) is 11.0 Å². The number of halogens is 1. The molecule has 0 aliphatic heterocycles. The van der Waals surface area contributed by atoms with Gasteiger partial charge in [-0.2, -0.15) is 4.98 Å². The Bertz CT molecular complexity index is 462. The molecule has 1 aromatic rings. The van der Waals surface area contributed by atoms with Gasteiger partial charge in [-0.15, -0.1) is 0 Å². The van der Waals surface area contributed by atoms with Crippen LogP contribution in [0.1, 0.15) is 18.5 Å². The van der Waals surface area contributed by atoms with E-state index < -0.39 is 4.92 Å². The van der Waals surface area contributed by atoms with Crippen molar-refractivity contribution >= 4 is 23.1 Å². The van der Waals surface area contributed by atoms with E-state index in [0.717, 1.165) is 6.54 Å². The number of aryl methyl sites for hydroxylation is 1. The number of nitro groups is 1. The Balaban J connectivity index is 2.38. The summed E-state index contributed by atoms with van der Waals surface area (Å²) < 4.78 is 0. The summed E-state index contributed by atoms with van der Waals surface area (Å²) in [6.07, 6.45) is 2.35. The molecule has 1 saturated carbocycles. The van der Waals surface area contributed by atoms with Crippen LogP contribution in [0.25, 0.3) is 0 Å². The van der Waals surface area contributed by atoms with Gasteiger partial charge in [-0.05, 0) is 37.3 Å². The lowest BCUT2D eigenvalue weighted by Crippen LogP contribution is -2.23. The van der Waals surface area contributed by atoms with E-state index in [9.17, 15) is 10.1 Å². The van der Waals surface area contributed by atoms with Crippen LogP contribution >= 0.6 is 11.6 Å². The molecule has 0 spiro atoms. The predicted molar refractivity (Wildman–Crippen MR) is 64.4 cm³/mol. The SMILES string of the molecule is Cc1nc(Cl)nc(N(C)CC2CC2)c1[N+](=O)[O-]. The Kier molecular flexibility index (Phi) is 3.15. The molecule has 92 valence electrons. The molecule has 6 nitrogen and oxygen atoms in total. The summed E-state index contributed by atoms with van der Waals surface area (Å²) >= 11 is 5.75. The zero-order chi connectivity index (χ0) is 12.6. The maximum atomic E-state index is 11.0. The summed E-state index contributed by atoms with van der Waals surface area (Å²) in [6, 6.07) is 0. The number of hydrogen-bond donors (Lipinski definition) is 0. The molecule has 7 heteroatoms. The van der Waals surface area contributed by atoms with E-state index in [1.807, 2.05) is 0 Å². The summed E-state index contributed by atoms with van der Waals surface area (Å²) in [5.41, 5.74) is 0.241. The van der Waals surface area contributed by atoms with Gasteiger partial charge in [0.05, 0.1) is 4.92 Å². The summed E-state index contributed by atoms with van der Waals surface area (Å²) in [7, 11) is 1.80. The maximum absolute atomic E-state index is 11.0. The van der Waals surface area contributed by atoms with Crippen LogP contribution in [0, 0.1) is 23.0 Å². The van der Waals surface area contributed by atoms with Crippen molar-refractivity contribution in [2.45, 2.75) is 19.8 Å². The zero-order valence-corrected chi connectivity index (χ0v) is 10.4. The molecule has 0 unspecified atom stereocenters. The van der Waals surface area contributed by atoms with Crippen LogP contribution < -0.4 is 4.90 Å². The number of nitrogens with zero attached hydrogens (tertiary/aromatic N) is 4. The molecule has 1 aliphatic rings. The Morgan fingerprint density at radius 3 is 2.71 bits per heavy atom. The topological polar surface area (TPSA) is 72.2 Å². The van der Waals surface area contributed by atoms with Gasteiger partial charge in [-0.3, -0.25) is 10.1 Å². The minimum absolute atomic E-state index is 0.0470. The summed E-state index contributed by atoms with van der Waals surface area (Å²) in [5, 5.41) is 11.1. The van der Waals surface area contributed by atoms with E-state index in [4.69, 9.17) is 11.6 Å². The van der Waals surface area contributed by atoms with Gasteiger partial charge in [0.15, 0.2) is 0 Å². The van der Waals surface area contributed by atoms with E-state index in [0.29, 0.717) is 17.4 Å². The predicted octanol–water partition coefficient (Wildman–Crippen LogP) is 2.19. The Hall–Kier alpha value is -1.43. The molecular weight excluding hydrogens is 244 g/mol. The van der Waals surface area contributed by atoms with Crippen LogP contribution in [0.15, 0.2) is 0 Å². The highest BCUT2D eigenvalue weighted by atomic mass is 35.5. The largest absolute Gasteiger partial charge is 0.354 e. The molecule has 0 radical (unpaired) electrons. The Morgan fingerprint density at radius 1 is 1.53 bits per heavy atom. The Morgan fingerprint density at radius 2 is 2.18 bits per heavy atom. The average molecular weight is 257 g/mol. The molecule has 1 heterocycles. The second-order valence-corrected chi connectivity index (χ2v) is 4.67. The van der Waals surface area contributed by atoms with Crippen molar-refractivity contribution in [2.24, 2.45) is 5.92 Å². The minimum Gasteiger partial charge on any atom is -0.354 e. The van der Waals surface area contributed by atoms with Crippen LogP contribution in [0.4, 0.5) is 11.5 Å². The van der Waals surface area contributed by atoms with Crippen molar-refractivity contribution in [3.05, 3.63) is 21.1 Å². The van der Waals surface area contributed by atoms with E-state index >= 15 is 0 Å². The second-order valence-electron chi connectivity index (χ2n) is 4.33. The molecular formula is C10H13ClN4O2. The first-order valence-electron chi connectivity index (χ1n) is 5.38. The normalized spacial score (nSPS) is 14.8. The minimum atomic E-state index is -0.454. The van der Waals surface area contributed by atoms with Crippen molar-refractivity contribution in [2.75, 3.05) is 18.5 Å². The summed E-state index contributed by atoms with van der Waals surface area (Å²) in [6.45, 7) is 2.34. The van der Waals surface area contributed by atoms with E-state index in [1.165, 1.54) is 12.8 Å². The number of rotatable bonds is 4.